The Hall–Kier alpha value is -0.750. The molecule has 0 aliphatic heterocycles. The van der Waals surface area contributed by atoms with E-state index in [0.29, 0.717) is 0 Å². The molecule has 0 saturated heterocycles. The Bertz CT molecular complexity index is 232. The first kappa shape index (κ1) is 12.2. The lowest BCUT2D eigenvalue weighted by molar-refractivity contribution is -0.122. The van der Waals surface area contributed by atoms with Crippen LogP contribution in [0.25, 0.3) is 0 Å². The summed E-state index contributed by atoms with van der Waals surface area (Å²) in [6.07, 6.45) is 0. The molecular formula is C9H15ClN2O. The van der Waals surface area contributed by atoms with Crippen molar-refractivity contribution in [2.24, 2.45) is 5.92 Å². The van der Waals surface area contributed by atoms with Crippen molar-refractivity contribution in [3.05, 3.63) is 0 Å². The van der Waals surface area contributed by atoms with Gasteiger partial charge in [-0.2, -0.15) is 5.26 Å². The van der Waals surface area contributed by atoms with Gasteiger partial charge in [-0.3, -0.25) is 4.79 Å². The molecule has 74 valence electrons. The van der Waals surface area contributed by atoms with E-state index in [9.17, 15) is 4.79 Å². The molecule has 0 spiro atoms. The second kappa shape index (κ2) is 4.48. The van der Waals surface area contributed by atoms with Crippen molar-refractivity contribution < 1.29 is 4.79 Å². The molecule has 0 heterocycles. The molecular weight excluding hydrogens is 188 g/mol. The average molecular weight is 203 g/mol. The molecule has 13 heavy (non-hydrogen) atoms. The second-order valence-corrected chi connectivity index (χ2v) is 4.23. The zero-order valence-electron chi connectivity index (χ0n) is 8.39. The molecule has 1 amide bonds. The van der Waals surface area contributed by atoms with E-state index < -0.39 is 10.9 Å². The largest absolute Gasteiger partial charge is 0.337 e. The molecule has 0 aromatic rings. The number of carbonyl (C=O) groups is 1. The number of nitriles is 1. The molecule has 2 unspecified atom stereocenters. The highest BCUT2D eigenvalue weighted by molar-refractivity contribution is 6.30. The fraction of sp³-hybridized carbons (Fsp3) is 0.778. The van der Waals surface area contributed by atoms with E-state index in [1.807, 2.05) is 13.8 Å². The number of amides is 1. The summed E-state index contributed by atoms with van der Waals surface area (Å²) < 4.78 is 0. The van der Waals surface area contributed by atoms with E-state index in [1.54, 1.807) is 13.8 Å². The fourth-order valence-corrected chi connectivity index (χ4v) is 0.711. The molecule has 2 atom stereocenters. The number of carbonyl (C=O) groups excluding carboxylic acids is 1. The third-order valence-electron chi connectivity index (χ3n) is 2.13. The minimum atomic E-state index is -0.833. The summed E-state index contributed by atoms with van der Waals surface area (Å²) in [7, 11) is 0. The highest BCUT2D eigenvalue weighted by Gasteiger charge is 2.30. The molecule has 0 radical (unpaired) electrons. The smallest absolute Gasteiger partial charge is 0.239 e. The van der Waals surface area contributed by atoms with Crippen LogP contribution in [0, 0.1) is 17.2 Å². The SMILES string of the molecule is CC(Cl)C(=O)NC(C)(C#N)C(C)C. The first-order valence-electron chi connectivity index (χ1n) is 4.21. The Balaban J connectivity index is 4.48. The van der Waals surface area contributed by atoms with Crippen LogP contribution in [0.4, 0.5) is 0 Å². The summed E-state index contributed by atoms with van der Waals surface area (Å²) in [5.74, 6) is -0.253. The topological polar surface area (TPSA) is 52.9 Å². The minimum absolute atomic E-state index is 0.0527. The van der Waals surface area contributed by atoms with Crippen molar-refractivity contribution in [2.75, 3.05) is 0 Å². The van der Waals surface area contributed by atoms with Gasteiger partial charge in [0.2, 0.25) is 5.91 Å². The predicted molar refractivity (Wildman–Crippen MR) is 52.3 cm³/mol. The van der Waals surface area contributed by atoms with E-state index in [0.717, 1.165) is 0 Å². The predicted octanol–water partition coefficient (Wildman–Crippen LogP) is 1.67. The second-order valence-electron chi connectivity index (χ2n) is 3.57. The number of alkyl halides is 1. The molecule has 0 aromatic heterocycles. The van der Waals surface area contributed by atoms with E-state index in [-0.39, 0.29) is 11.8 Å². The van der Waals surface area contributed by atoms with Gasteiger partial charge < -0.3 is 5.32 Å². The van der Waals surface area contributed by atoms with Gasteiger partial charge in [0.1, 0.15) is 10.9 Å². The number of nitrogens with zero attached hydrogens (tertiary/aromatic N) is 1. The maximum atomic E-state index is 11.2. The molecule has 1 N–H and O–H groups in total. The van der Waals surface area contributed by atoms with Gasteiger partial charge in [-0.15, -0.1) is 11.6 Å². The summed E-state index contributed by atoms with van der Waals surface area (Å²) in [4.78, 5) is 11.2. The van der Waals surface area contributed by atoms with Crippen molar-refractivity contribution in [3.63, 3.8) is 0 Å². The van der Waals surface area contributed by atoms with Crippen LogP contribution in [0.1, 0.15) is 27.7 Å². The lowest BCUT2D eigenvalue weighted by atomic mass is 9.90. The van der Waals surface area contributed by atoms with Crippen LogP contribution in [0.3, 0.4) is 0 Å². The van der Waals surface area contributed by atoms with E-state index >= 15 is 0 Å². The lowest BCUT2D eigenvalue weighted by Crippen LogP contribution is -2.50. The van der Waals surface area contributed by atoms with Crippen LogP contribution < -0.4 is 5.32 Å². The van der Waals surface area contributed by atoms with Gasteiger partial charge in [-0.1, -0.05) is 13.8 Å². The monoisotopic (exact) mass is 202 g/mol. The maximum absolute atomic E-state index is 11.2. The molecule has 0 rings (SSSR count). The van der Waals surface area contributed by atoms with E-state index in [1.165, 1.54) is 0 Å². The van der Waals surface area contributed by atoms with Crippen molar-refractivity contribution in [2.45, 2.75) is 38.6 Å². The van der Waals surface area contributed by atoms with E-state index in [2.05, 4.69) is 11.4 Å². The van der Waals surface area contributed by atoms with Gasteiger partial charge in [0, 0.05) is 0 Å². The van der Waals surface area contributed by atoms with Gasteiger partial charge in [-0.25, -0.2) is 0 Å². The lowest BCUT2D eigenvalue weighted by Gasteiger charge is -2.27. The average Bonchev–Trinajstić information content (AvgIpc) is 2.03. The molecule has 3 nitrogen and oxygen atoms in total. The van der Waals surface area contributed by atoms with Crippen molar-refractivity contribution in [1.82, 2.24) is 5.32 Å². The molecule has 0 aliphatic rings. The van der Waals surface area contributed by atoms with Crippen LogP contribution >= 0.6 is 11.6 Å². The molecule has 0 aliphatic carbocycles. The fourth-order valence-electron chi connectivity index (χ4n) is 0.657. The Morgan fingerprint density at radius 3 is 2.23 bits per heavy atom. The summed E-state index contributed by atoms with van der Waals surface area (Å²) in [6.45, 7) is 7.02. The van der Waals surface area contributed by atoms with Crippen LogP contribution in [0.15, 0.2) is 0 Å². The first-order valence-corrected chi connectivity index (χ1v) is 4.64. The molecule has 4 heteroatoms. The quantitative estimate of drug-likeness (QED) is 0.708. The Kier molecular flexibility index (Phi) is 4.22. The minimum Gasteiger partial charge on any atom is -0.337 e. The highest BCUT2D eigenvalue weighted by Crippen LogP contribution is 2.15. The summed E-state index contributed by atoms with van der Waals surface area (Å²) >= 11 is 5.57. The molecule has 0 bridgehead atoms. The van der Waals surface area contributed by atoms with Crippen molar-refractivity contribution >= 4 is 17.5 Å². The van der Waals surface area contributed by atoms with Crippen LogP contribution in [0.5, 0.6) is 0 Å². The highest BCUT2D eigenvalue weighted by atomic mass is 35.5. The van der Waals surface area contributed by atoms with Gasteiger partial charge in [0.25, 0.3) is 0 Å². The Morgan fingerprint density at radius 2 is 2.00 bits per heavy atom. The van der Waals surface area contributed by atoms with Crippen LogP contribution in [-0.2, 0) is 4.79 Å². The number of nitrogens with one attached hydrogen (secondary N) is 1. The number of hydrogen-bond acceptors (Lipinski definition) is 2. The van der Waals surface area contributed by atoms with Gasteiger partial charge in [0.15, 0.2) is 0 Å². The zero-order valence-corrected chi connectivity index (χ0v) is 9.14. The van der Waals surface area contributed by atoms with Crippen LogP contribution in [0.2, 0.25) is 0 Å². The van der Waals surface area contributed by atoms with Crippen molar-refractivity contribution in [1.29, 1.82) is 5.26 Å². The third-order valence-corrected chi connectivity index (χ3v) is 2.33. The maximum Gasteiger partial charge on any atom is 0.239 e. The zero-order chi connectivity index (χ0) is 10.6. The molecule has 0 saturated carbocycles. The summed E-state index contributed by atoms with van der Waals surface area (Å²) in [6, 6.07) is 2.07. The normalized spacial score (nSPS) is 17.3. The summed E-state index contributed by atoms with van der Waals surface area (Å²) in [5, 5.41) is 10.9. The Labute approximate surface area is 84.1 Å². The van der Waals surface area contributed by atoms with Gasteiger partial charge >= 0.3 is 0 Å². The number of rotatable bonds is 3. The summed E-state index contributed by atoms with van der Waals surface area (Å²) in [5.41, 5.74) is -0.833. The number of hydrogen-bond donors (Lipinski definition) is 1. The molecule has 0 aromatic carbocycles. The standard InChI is InChI=1S/C9H15ClN2O/c1-6(2)9(4,5-11)12-8(13)7(3)10/h6-7H,1-4H3,(H,12,13). The van der Waals surface area contributed by atoms with Crippen LogP contribution in [-0.4, -0.2) is 16.8 Å². The number of halogens is 1. The molecule has 0 fully saturated rings. The van der Waals surface area contributed by atoms with Crippen molar-refractivity contribution in [3.8, 4) is 6.07 Å². The van der Waals surface area contributed by atoms with E-state index in [4.69, 9.17) is 16.9 Å². The first-order chi connectivity index (χ1) is 5.83. The Morgan fingerprint density at radius 1 is 1.54 bits per heavy atom. The van der Waals surface area contributed by atoms with Gasteiger partial charge in [-0.05, 0) is 19.8 Å². The third kappa shape index (κ3) is 3.23. The van der Waals surface area contributed by atoms with Gasteiger partial charge in [0.05, 0.1) is 6.07 Å².